The van der Waals surface area contributed by atoms with Crippen molar-refractivity contribution in [2.45, 2.75) is 21.1 Å². The number of rotatable bonds is 5. The van der Waals surface area contributed by atoms with E-state index in [0.717, 1.165) is 17.8 Å². The Morgan fingerprint density at radius 2 is 1.76 bits per heavy atom. The number of benzene rings is 2. The minimum atomic E-state index is -5.66. The number of carbonyl (C=O) groups is 1. The maximum atomic E-state index is 13.6. The van der Waals surface area contributed by atoms with Crippen LogP contribution in [-0.4, -0.2) is 25.0 Å². The number of carboxylic acid groups (broad SMARTS) is 1. The molecule has 0 saturated carbocycles. The fraction of sp³-hybridized carbons (Fsp3) is 0.133. The van der Waals surface area contributed by atoms with Gasteiger partial charge in [-0.1, -0.05) is 18.2 Å². The number of sulfone groups is 1. The van der Waals surface area contributed by atoms with Gasteiger partial charge in [-0.25, -0.2) is 17.6 Å². The van der Waals surface area contributed by atoms with Crippen LogP contribution < -0.4 is 0 Å². The predicted molar refractivity (Wildman–Crippen MR) is 82.6 cm³/mol. The molecule has 0 aromatic heterocycles. The number of hydrogen-bond donors (Lipinski definition) is 1. The molecule has 134 valence electrons. The van der Waals surface area contributed by atoms with Crippen molar-refractivity contribution < 1.29 is 35.9 Å². The summed E-state index contributed by atoms with van der Waals surface area (Å²) in [5.74, 6) is -2.07. The summed E-state index contributed by atoms with van der Waals surface area (Å²) >= 11 is 0.873. The molecule has 2 aromatic rings. The summed E-state index contributed by atoms with van der Waals surface area (Å²) in [6.07, 6.45) is 0. The van der Waals surface area contributed by atoms with Crippen molar-refractivity contribution in [3.8, 4) is 0 Å². The zero-order valence-electron chi connectivity index (χ0n) is 12.2. The Morgan fingerprint density at radius 3 is 2.32 bits per heavy atom. The van der Waals surface area contributed by atoms with E-state index in [1.807, 2.05) is 0 Å². The molecule has 0 amide bonds. The zero-order chi connectivity index (χ0) is 18.8. The lowest BCUT2D eigenvalue weighted by Gasteiger charge is -2.11. The highest BCUT2D eigenvalue weighted by Gasteiger charge is 2.47. The van der Waals surface area contributed by atoms with Crippen LogP contribution in [0, 0.1) is 5.82 Å². The van der Waals surface area contributed by atoms with E-state index in [4.69, 9.17) is 5.11 Å². The topological polar surface area (TPSA) is 71.4 Å². The molecule has 0 aliphatic rings. The van der Waals surface area contributed by atoms with Crippen molar-refractivity contribution in [1.82, 2.24) is 0 Å². The molecule has 0 aliphatic carbocycles. The first-order valence-corrected chi connectivity index (χ1v) is 9.06. The first-order valence-electron chi connectivity index (χ1n) is 6.59. The van der Waals surface area contributed by atoms with Crippen molar-refractivity contribution >= 4 is 27.6 Å². The average molecular weight is 394 g/mol. The Morgan fingerprint density at radius 1 is 1.12 bits per heavy atom. The van der Waals surface area contributed by atoms with Gasteiger partial charge < -0.3 is 5.11 Å². The van der Waals surface area contributed by atoms with Crippen LogP contribution in [0.3, 0.4) is 0 Å². The van der Waals surface area contributed by atoms with Crippen molar-refractivity contribution in [1.29, 1.82) is 0 Å². The quantitative estimate of drug-likeness (QED) is 0.610. The smallest absolute Gasteiger partial charge is 0.478 e. The minimum absolute atomic E-state index is 0.0249. The van der Waals surface area contributed by atoms with Gasteiger partial charge in [0.2, 0.25) is 0 Å². The van der Waals surface area contributed by atoms with Gasteiger partial charge in [0.1, 0.15) is 5.82 Å². The Kier molecular flexibility index (Phi) is 5.43. The third-order valence-corrected chi connectivity index (χ3v) is 5.74. The lowest BCUT2D eigenvalue weighted by atomic mass is 10.2. The first-order chi connectivity index (χ1) is 11.5. The largest absolute Gasteiger partial charge is 0.501 e. The third-order valence-electron chi connectivity index (χ3n) is 3.14. The van der Waals surface area contributed by atoms with E-state index in [-0.39, 0.29) is 16.2 Å². The normalized spacial score (nSPS) is 12.2. The van der Waals surface area contributed by atoms with Gasteiger partial charge in [-0.15, -0.1) is 11.8 Å². The standard InChI is InChI=1S/C15H10F4O4S2/c16-12-4-2-1-3-9(12)8-24-13-6-5-10(7-11(13)14(20)21)25(22,23)15(17,18)19/h1-7H,8H2,(H,20,21). The molecule has 0 saturated heterocycles. The van der Waals surface area contributed by atoms with Gasteiger partial charge in [0.25, 0.3) is 9.84 Å². The van der Waals surface area contributed by atoms with E-state index in [1.165, 1.54) is 18.2 Å². The molecular weight excluding hydrogens is 384 g/mol. The summed E-state index contributed by atoms with van der Waals surface area (Å²) < 4.78 is 74.1. The summed E-state index contributed by atoms with van der Waals surface area (Å²) in [4.78, 5) is 10.1. The van der Waals surface area contributed by atoms with Crippen LogP contribution in [-0.2, 0) is 15.6 Å². The number of halogens is 4. The second-order valence-electron chi connectivity index (χ2n) is 4.79. The van der Waals surface area contributed by atoms with Crippen LogP contribution in [0.25, 0.3) is 0 Å². The summed E-state index contributed by atoms with van der Waals surface area (Å²) in [6.45, 7) is 0. The highest BCUT2D eigenvalue weighted by molar-refractivity contribution is 7.98. The van der Waals surface area contributed by atoms with E-state index in [9.17, 15) is 30.8 Å². The molecule has 0 heterocycles. The predicted octanol–water partition coefficient (Wildman–Crippen LogP) is 4.11. The number of carboxylic acids is 1. The van der Waals surface area contributed by atoms with Gasteiger partial charge in [-0.2, -0.15) is 13.2 Å². The number of aromatic carboxylic acids is 1. The fourth-order valence-electron chi connectivity index (χ4n) is 1.87. The van der Waals surface area contributed by atoms with Gasteiger partial charge in [0, 0.05) is 10.6 Å². The van der Waals surface area contributed by atoms with Crippen LogP contribution in [0.1, 0.15) is 15.9 Å². The Bertz CT molecular complexity index is 908. The summed E-state index contributed by atoms with van der Waals surface area (Å²) in [7, 11) is -5.66. The molecule has 1 N–H and O–H groups in total. The van der Waals surface area contributed by atoms with Crippen LogP contribution in [0.4, 0.5) is 17.6 Å². The highest BCUT2D eigenvalue weighted by atomic mass is 32.2. The second kappa shape index (κ2) is 7.04. The molecule has 0 fully saturated rings. The van der Waals surface area contributed by atoms with Crippen molar-refractivity contribution in [2.75, 3.05) is 0 Å². The SMILES string of the molecule is O=C(O)c1cc(S(=O)(=O)C(F)(F)F)ccc1SCc1ccccc1F. The van der Waals surface area contributed by atoms with Crippen molar-refractivity contribution in [3.63, 3.8) is 0 Å². The second-order valence-corrected chi connectivity index (χ2v) is 7.75. The molecule has 0 aliphatic heterocycles. The monoisotopic (exact) mass is 394 g/mol. The number of thioether (sulfide) groups is 1. The van der Waals surface area contributed by atoms with E-state index >= 15 is 0 Å². The van der Waals surface area contributed by atoms with Crippen molar-refractivity contribution in [3.05, 3.63) is 59.4 Å². The molecule has 0 unspecified atom stereocenters. The molecule has 4 nitrogen and oxygen atoms in total. The molecule has 10 heteroatoms. The number of hydrogen-bond acceptors (Lipinski definition) is 4. The molecule has 0 bridgehead atoms. The van der Waals surface area contributed by atoms with Gasteiger partial charge in [-0.3, -0.25) is 0 Å². The Labute approximate surface area is 144 Å². The lowest BCUT2D eigenvalue weighted by Crippen LogP contribution is -2.23. The van der Waals surface area contributed by atoms with Crippen molar-refractivity contribution in [2.24, 2.45) is 0 Å². The highest BCUT2D eigenvalue weighted by Crippen LogP contribution is 2.34. The molecule has 0 atom stereocenters. The van der Waals surface area contributed by atoms with E-state index in [2.05, 4.69) is 0 Å². The summed E-state index contributed by atoms with van der Waals surface area (Å²) in [5, 5.41) is 9.15. The summed E-state index contributed by atoms with van der Waals surface area (Å²) in [5.41, 5.74) is -5.87. The molecule has 0 spiro atoms. The zero-order valence-corrected chi connectivity index (χ0v) is 13.9. The third kappa shape index (κ3) is 4.13. The Hall–Kier alpha value is -2.07. The molecule has 25 heavy (non-hydrogen) atoms. The fourth-order valence-corrected chi connectivity index (χ4v) is 3.67. The van der Waals surface area contributed by atoms with E-state index in [1.54, 1.807) is 6.07 Å². The first kappa shape index (κ1) is 19.3. The van der Waals surface area contributed by atoms with Gasteiger partial charge in [-0.05, 0) is 29.8 Å². The van der Waals surface area contributed by atoms with Crippen LogP contribution in [0.5, 0.6) is 0 Å². The van der Waals surface area contributed by atoms with Crippen LogP contribution in [0.2, 0.25) is 0 Å². The van der Waals surface area contributed by atoms with Gasteiger partial charge in [0.05, 0.1) is 10.5 Å². The van der Waals surface area contributed by atoms with E-state index in [0.29, 0.717) is 12.1 Å². The van der Waals surface area contributed by atoms with Gasteiger partial charge in [0.15, 0.2) is 0 Å². The molecular formula is C15H10F4O4S2. The summed E-state index contributed by atoms with van der Waals surface area (Å²) in [6, 6.07) is 7.85. The maximum Gasteiger partial charge on any atom is 0.501 e. The lowest BCUT2D eigenvalue weighted by molar-refractivity contribution is -0.0436. The van der Waals surface area contributed by atoms with Crippen LogP contribution >= 0.6 is 11.8 Å². The maximum absolute atomic E-state index is 13.6. The molecule has 2 aromatic carbocycles. The van der Waals surface area contributed by atoms with Gasteiger partial charge >= 0.3 is 11.5 Å². The molecule has 2 rings (SSSR count). The van der Waals surface area contributed by atoms with E-state index < -0.39 is 37.6 Å². The minimum Gasteiger partial charge on any atom is -0.478 e. The number of alkyl halides is 3. The Balaban J connectivity index is 2.38. The molecule has 0 radical (unpaired) electrons. The van der Waals surface area contributed by atoms with Crippen LogP contribution in [0.15, 0.2) is 52.3 Å². The average Bonchev–Trinajstić information content (AvgIpc) is 2.52.